The van der Waals surface area contributed by atoms with Gasteiger partial charge in [0.2, 0.25) is 5.91 Å². The third kappa shape index (κ3) is 1.71. The molecule has 1 aromatic rings. The van der Waals surface area contributed by atoms with Crippen molar-refractivity contribution in [2.75, 3.05) is 0 Å². The summed E-state index contributed by atoms with van der Waals surface area (Å²) in [5.41, 5.74) is 5.61. The summed E-state index contributed by atoms with van der Waals surface area (Å²) >= 11 is 0. The first kappa shape index (κ1) is 8.94. The minimum atomic E-state index is -0.617. The van der Waals surface area contributed by atoms with Gasteiger partial charge in [0.25, 0.3) is 0 Å². The average Bonchev–Trinajstić information content (AvgIpc) is 2.16. The van der Waals surface area contributed by atoms with Gasteiger partial charge in [-0.25, -0.2) is 0 Å². The van der Waals surface area contributed by atoms with E-state index < -0.39 is 5.91 Å². The molecular weight excluding hydrogens is 168 g/mol. The maximum Gasteiger partial charge on any atom is 0.248 e. The van der Waals surface area contributed by atoms with Gasteiger partial charge in [0.05, 0.1) is 5.56 Å². The summed E-state index contributed by atoms with van der Waals surface area (Å²) in [6, 6.07) is 4.17. The van der Waals surface area contributed by atoms with Gasteiger partial charge < -0.3 is 5.73 Å². The van der Waals surface area contributed by atoms with Crippen molar-refractivity contribution in [3.63, 3.8) is 0 Å². The second kappa shape index (κ2) is 3.50. The summed E-state index contributed by atoms with van der Waals surface area (Å²) in [5, 5.41) is 2.68. The Morgan fingerprint density at radius 1 is 1.54 bits per heavy atom. The minimum Gasteiger partial charge on any atom is -0.366 e. The van der Waals surface area contributed by atoms with Crippen molar-refractivity contribution in [1.82, 2.24) is 0 Å². The third-order valence-electron chi connectivity index (χ3n) is 1.54. The fraction of sp³-hybridized carbons (Fsp3) is 0. The highest BCUT2D eigenvalue weighted by molar-refractivity contribution is 5.94. The summed E-state index contributed by atoms with van der Waals surface area (Å²) in [6.45, 7) is 0. The highest BCUT2D eigenvalue weighted by atomic mass is 16.3. The van der Waals surface area contributed by atoms with Crippen molar-refractivity contribution >= 4 is 11.6 Å². The van der Waals surface area contributed by atoms with E-state index in [2.05, 4.69) is 11.1 Å². The number of carbonyl (C=O) groups excluding carboxylic acids is 1. The summed E-state index contributed by atoms with van der Waals surface area (Å²) in [6.07, 6.45) is 5.09. The Labute approximate surface area is 74.7 Å². The lowest BCUT2D eigenvalue weighted by atomic mass is 10.1. The Hall–Kier alpha value is -2.15. The van der Waals surface area contributed by atoms with Crippen LogP contribution in [-0.4, -0.2) is 5.91 Å². The maximum atomic E-state index is 10.7. The highest BCUT2D eigenvalue weighted by Gasteiger charge is 2.05. The molecule has 1 aromatic carbocycles. The van der Waals surface area contributed by atoms with E-state index in [1.807, 2.05) is 0 Å². The third-order valence-corrected chi connectivity index (χ3v) is 1.54. The number of terminal acetylenes is 1. The molecule has 0 aliphatic carbocycles. The molecule has 0 radical (unpaired) electrons. The van der Waals surface area contributed by atoms with E-state index in [1.165, 1.54) is 18.2 Å². The molecule has 1 rings (SSSR count). The van der Waals surface area contributed by atoms with Crippen LogP contribution in [0.25, 0.3) is 0 Å². The van der Waals surface area contributed by atoms with Crippen LogP contribution < -0.4 is 5.73 Å². The zero-order valence-corrected chi connectivity index (χ0v) is 6.65. The molecule has 0 saturated heterocycles. The monoisotopic (exact) mass is 174 g/mol. The number of hydrogen-bond donors (Lipinski definition) is 1. The van der Waals surface area contributed by atoms with Crippen molar-refractivity contribution in [2.24, 2.45) is 10.9 Å². The van der Waals surface area contributed by atoms with Crippen molar-refractivity contribution in [3.05, 3.63) is 34.2 Å². The van der Waals surface area contributed by atoms with Gasteiger partial charge in [0, 0.05) is 5.56 Å². The number of rotatable bonds is 2. The molecule has 4 nitrogen and oxygen atoms in total. The molecule has 0 heterocycles. The van der Waals surface area contributed by atoms with Crippen molar-refractivity contribution in [2.45, 2.75) is 0 Å². The average molecular weight is 174 g/mol. The van der Waals surface area contributed by atoms with Crippen molar-refractivity contribution in [1.29, 1.82) is 0 Å². The first-order valence-electron chi connectivity index (χ1n) is 3.43. The molecule has 1 amide bonds. The van der Waals surface area contributed by atoms with Gasteiger partial charge in [0.1, 0.15) is 5.69 Å². The van der Waals surface area contributed by atoms with Gasteiger partial charge in [0.15, 0.2) is 0 Å². The van der Waals surface area contributed by atoms with Crippen LogP contribution in [0.2, 0.25) is 0 Å². The van der Waals surface area contributed by atoms with Gasteiger partial charge in [-0.2, -0.15) is 0 Å². The number of nitrogens with zero attached hydrogens (tertiary/aromatic N) is 1. The highest BCUT2D eigenvalue weighted by Crippen LogP contribution is 2.19. The molecule has 4 heteroatoms. The molecule has 64 valence electrons. The predicted molar refractivity (Wildman–Crippen MR) is 48.3 cm³/mol. The number of primary amides is 1. The number of nitrogens with two attached hydrogens (primary N) is 1. The van der Waals surface area contributed by atoms with Crippen LogP contribution in [0.3, 0.4) is 0 Å². The van der Waals surface area contributed by atoms with Gasteiger partial charge in [-0.15, -0.1) is 11.3 Å². The Kier molecular flexibility index (Phi) is 2.41. The normalized spacial score (nSPS) is 8.85. The molecular formula is C9H6N2O2. The van der Waals surface area contributed by atoms with E-state index in [9.17, 15) is 9.70 Å². The minimum absolute atomic E-state index is 0.0544. The SMILES string of the molecule is C#Cc1ccc(C(N)=O)cc1N=O. The number of amides is 1. The molecule has 13 heavy (non-hydrogen) atoms. The largest absolute Gasteiger partial charge is 0.366 e. The Morgan fingerprint density at radius 2 is 2.23 bits per heavy atom. The lowest BCUT2D eigenvalue weighted by molar-refractivity contribution is 0.100. The Balaban J connectivity index is 3.30. The molecule has 0 bridgehead atoms. The zero-order chi connectivity index (χ0) is 9.84. The summed E-state index contributed by atoms with van der Waals surface area (Å²) in [7, 11) is 0. The lowest BCUT2D eigenvalue weighted by Gasteiger charge is -1.97. The van der Waals surface area contributed by atoms with E-state index in [0.717, 1.165) is 0 Å². The number of nitroso groups, excluding NO2 is 1. The van der Waals surface area contributed by atoms with Crippen LogP contribution in [-0.2, 0) is 0 Å². The first-order valence-corrected chi connectivity index (χ1v) is 3.43. The van der Waals surface area contributed by atoms with Crippen molar-refractivity contribution < 1.29 is 4.79 Å². The molecule has 0 fully saturated rings. The fourth-order valence-corrected chi connectivity index (χ4v) is 0.882. The topological polar surface area (TPSA) is 72.5 Å². The van der Waals surface area contributed by atoms with E-state index in [-0.39, 0.29) is 11.3 Å². The van der Waals surface area contributed by atoms with E-state index in [1.54, 1.807) is 0 Å². The summed E-state index contributed by atoms with van der Waals surface area (Å²) in [5.74, 6) is 1.65. The second-order valence-electron chi connectivity index (χ2n) is 2.33. The Morgan fingerprint density at radius 3 is 2.69 bits per heavy atom. The number of carbonyl (C=O) groups is 1. The standard InChI is InChI=1S/C9H6N2O2/c1-2-6-3-4-7(9(10)12)5-8(6)11-13/h1,3-5H,(H2,10,12). The van der Waals surface area contributed by atoms with E-state index >= 15 is 0 Å². The van der Waals surface area contributed by atoms with Crippen LogP contribution in [0.1, 0.15) is 15.9 Å². The number of benzene rings is 1. The molecule has 0 saturated carbocycles. The van der Waals surface area contributed by atoms with Gasteiger partial charge in [-0.1, -0.05) is 5.92 Å². The molecule has 0 aliphatic rings. The predicted octanol–water partition coefficient (Wildman–Crippen LogP) is 1.16. The summed E-state index contributed by atoms with van der Waals surface area (Å²) < 4.78 is 0. The number of hydrogen-bond acceptors (Lipinski definition) is 3. The molecule has 0 unspecified atom stereocenters. The lowest BCUT2D eigenvalue weighted by Crippen LogP contribution is -2.10. The van der Waals surface area contributed by atoms with Crippen LogP contribution in [0.4, 0.5) is 5.69 Å². The zero-order valence-electron chi connectivity index (χ0n) is 6.65. The molecule has 2 N–H and O–H groups in total. The maximum absolute atomic E-state index is 10.7. The Bertz CT molecular complexity index is 405. The molecule has 0 spiro atoms. The summed E-state index contributed by atoms with van der Waals surface area (Å²) in [4.78, 5) is 21.0. The fourth-order valence-electron chi connectivity index (χ4n) is 0.882. The molecule has 0 aromatic heterocycles. The van der Waals surface area contributed by atoms with E-state index in [0.29, 0.717) is 5.56 Å². The quantitative estimate of drug-likeness (QED) is 0.539. The van der Waals surface area contributed by atoms with Gasteiger partial charge in [-0.3, -0.25) is 4.79 Å². The van der Waals surface area contributed by atoms with Gasteiger partial charge >= 0.3 is 0 Å². The van der Waals surface area contributed by atoms with Crippen LogP contribution in [0.5, 0.6) is 0 Å². The molecule has 0 atom stereocenters. The van der Waals surface area contributed by atoms with Crippen LogP contribution in [0.15, 0.2) is 23.4 Å². The smallest absolute Gasteiger partial charge is 0.248 e. The first-order chi connectivity index (χ1) is 6.19. The van der Waals surface area contributed by atoms with Crippen LogP contribution >= 0.6 is 0 Å². The van der Waals surface area contributed by atoms with E-state index in [4.69, 9.17) is 12.2 Å². The van der Waals surface area contributed by atoms with Crippen LogP contribution in [0, 0.1) is 17.3 Å². The second-order valence-corrected chi connectivity index (χ2v) is 2.33. The molecule has 0 aliphatic heterocycles. The van der Waals surface area contributed by atoms with Gasteiger partial charge in [-0.05, 0) is 23.4 Å². The van der Waals surface area contributed by atoms with Crippen molar-refractivity contribution in [3.8, 4) is 12.3 Å².